The first-order valence-corrected chi connectivity index (χ1v) is 9.86. The van der Waals surface area contributed by atoms with Crippen LogP contribution in [-0.4, -0.2) is 61.3 Å². The van der Waals surface area contributed by atoms with Crippen molar-refractivity contribution in [3.63, 3.8) is 0 Å². The molecule has 0 saturated carbocycles. The Bertz CT molecular complexity index is 752. The molecule has 5 rings (SSSR count). The highest BCUT2D eigenvalue weighted by molar-refractivity contribution is 5.76. The number of rotatable bonds is 6. The van der Waals surface area contributed by atoms with Gasteiger partial charge in [0.05, 0.1) is 5.69 Å². The van der Waals surface area contributed by atoms with Crippen LogP contribution in [-0.2, 0) is 17.9 Å². The van der Waals surface area contributed by atoms with Gasteiger partial charge in [-0.05, 0) is 39.0 Å². The van der Waals surface area contributed by atoms with Crippen LogP contribution >= 0.6 is 0 Å². The maximum atomic E-state index is 12.8. The smallest absolute Gasteiger partial charge is 0.222 e. The van der Waals surface area contributed by atoms with Crippen LogP contribution in [0.25, 0.3) is 0 Å². The van der Waals surface area contributed by atoms with Gasteiger partial charge in [-0.1, -0.05) is 5.16 Å². The normalized spacial score (nSPS) is 23.0. The molecule has 3 aliphatic rings. The molecule has 2 bridgehead atoms. The molecular weight excluding hydrogens is 344 g/mol. The third-order valence-electron chi connectivity index (χ3n) is 5.92. The summed E-state index contributed by atoms with van der Waals surface area (Å²) in [6.07, 6.45) is 6.93. The summed E-state index contributed by atoms with van der Waals surface area (Å²) < 4.78 is 7.10. The molecule has 8 nitrogen and oxygen atoms in total. The van der Waals surface area contributed by atoms with Crippen LogP contribution in [0, 0.1) is 19.8 Å². The van der Waals surface area contributed by atoms with E-state index in [1.54, 1.807) is 11.0 Å². The van der Waals surface area contributed by atoms with E-state index in [2.05, 4.69) is 25.0 Å². The third kappa shape index (κ3) is 4.05. The third-order valence-corrected chi connectivity index (χ3v) is 5.92. The van der Waals surface area contributed by atoms with Gasteiger partial charge in [0.25, 0.3) is 0 Å². The Kier molecular flexibility index (Phi) is 5.24. The summed E-state index contributed by atoms with van der Waals surface area (Å²) in [5, 5.41) is 8.18. The maximum Gasteiger partial charge on any atom is 0.222 e. The fourth-order valence-electron chi connectivity index (χ4n) is 4.45. The van der Waals surface area contributed by atoms with E-state index in [0.29, 0.717) is 18.4 Å². The van der Waals surface area contributed by atoms with E-state index in [1.807, 2.05) is 13.8 Å². The second-order valence-electron chi connectivity index (χ2n) is 7.90. The Morgan fingerprint density at radius 3 is 2.89 bits per heavy atom. The summed E-state index contributed by atoms with van der Waals surface area (Å²) >= 11 is 0. The number of fused-ring (bicyclic) bond motifs is 4. The van der Waals surface area contributed by atoms with Crippen molar-refractivity contribution in [1.82, 2.24) is 29.7 Å². The molecule has 3 saturated heterocycles. The lowest BCUT2D eigenvalue weighted by Gasteiger charge is -2.36. The second kappa shape index (κ2) is 7.80. The van der Waals surface area contributed by atoms with Crippen LogP contribution in [0.2, 0.25) is 0 Å². The Hall–Kier alpha value is -2.22. The number of carbonyl (C=O) groups is 1. The second-order valence-corrected chi connectivity index (χ2v) is 7.90. The standard InChI is InChI=1S/C19H28N6O2/c1-14-18(15(2)27-22-14)11-23-8-16-5-6-17(10-23)25(9-16)19(26)4-3-7-24-13-20-12-21-24/h12-13,16-17H,3-11H2,1-2H3/t16-,17+/m1/s1. The Labute approximate surface area is 159 Å². The monoisotopic (exact) mass is 372 g/mol. The number of nitrogens with zero attached hydrogens (tertiary/aromatic N) is 6. The van der Waals surface area contributed by atoms with Crippen LogP contribution in [0.1, 0.15) is 42.7 Å². The van der Waals surface area contributed by atoms with E-state index in [0.717, 1.165) is 57.0 Å². The SMILES string of the molecule is Cc1noc(C)c1CN1C[C@H]2CC[C@@H](C1)N(C(=O)CCCn1cncn1)C2. The van der Waals surface area contributed by atoms with Crippen molar-refractivity contribution in [2.75, 3.05) is 19.6 Å². The average Bonchev–Trinajstić information content (AvgIpc) is 3.17. The first-order valence-electron chi connectivity index (χ1n) is 9.86. The average molecular weight is 372 g/mol. The van der Waals surface area contributed by atoms with Gasteiger partial charge in [-0.3, -0.25) is 14.4 Å². The Morgan fingerprint density at radius 1 is 1.26 bits per heavy atom. The molecule has 0 unspecified atom stereocenters. The first-order chi connectivity index (χ1) is 13.1. The summed E-state index contributed by atoms with van der Waals surface area (Å²) in [4.78, 5) is 21.4. The zero-order valence-electron chi connectivity index (χ0n) is 16.2. The molecule has 2 aromatic rings. The summed E-state index contributed by atoms with van der Waals surface area (Å²) in [5.74, 6) is 1.75. The van der Waals surface area contributed by atoms with Crippen LogP contribution in [0.3, 0.4) is 0 Å². The highest BCUT2D eigenvalue weighted by atomic mass is 16.5. The summed E-state index contributed by atoms with van der Waals surface area (Å²) in [6.45, 7) is 8.47. The van der Waals surface area contributed by atoms with Crippen molar-refractivity contribution < 1.29 is 9.32 Å². The molecule has 0 N–H and O–H groups in total. The van der Waals surface area contributed by atoms with Crippen molar-refractivity contribution in [1.29, 1.82) is 0 Å². The first kappa shape index (κ1) is 18.2. The van der Waals surface area contributed by atoms with Crippen molar-refractivity contribution in [2.24, 2.45) is 5.92 Å². The molecule has 5 heterocycles. The number of amides is 1. The van der Waals surface area contributed by atoms with Crippen molar-refractivity contribution >= 4 is 5.91 Å². The quantitative estimate of drug-likeness (QED) is 0.769. The number of aromatic nitrogens is 4. The maximum absolute atomic E-state index is 12.8. The van der Waals surface area contributed by atoms with Gasteiger partial charge in [-0.2, -0.15) is 5.10 Å². The molecule has 1 amide bonds. The highest BCUT2D eigenvalue weighted by Crippen LogP contribution is 2.30. The van der Waals surface area contributed by atoms with Crippen LogP contribution in [0.15, 0.2) is 17.2 Å². The summed E-state index contributed by atoms with van der Waals surface area (Å²) in [6, 6.07) is 0.322. The Morgan fingerprint density at radius 2 is 2.15 bits per heavy atom. The van der Waals surface area contributed by atoms with Gasteiger partial charge in [-0.15, -0.1) is 0 Å². The number of hydrogen-bond donors (Lipinski definition) is 0. The van der Waals surface area contributed by atoms with Gasteiger partial charge in [0.2, 0.25) is 5.91 Å². The molecule has 3 fully saturated rings. The van der Waals surface area contributed by atoms with E-state index in [1.165, 1.54) is 18.3 Å². The van der Waals surface area contributed by atoms with E-state index in [4.69, 9.17) is 4.52 Å². The van der Waals surface area contributed by atoms with E-state index in [9.17, 15) is 4.79 Å². The van der Waals surface area contributed by atoms with Gasteiger partial charge < -0.3 is 9.42 Å². The van der Waals surface area contributed by atoms with Gasteiger partial charge in [0.1, 0.15) is 18.4 Å². The number of aryl methyl sites for hydroxylation is 3. The van der Waals surface area contributed by atoms with Gasteiger partial charge in [-0.25, -0.2) is 4.98 Å². The number of hydrogen-bond acceptors (Lipinski definition) is 6. The van der Waals surface area contributed by atoms with Crippen LogP contribution in [0.4, 0.5) is 0 Å². The minimum absolute atomic E-state index is 0.281. The lowest BCUT2D eigenvalue weighted by atomic mass is 9.94. The molecule has 0 radical (unpaired) electrons. The topological polar surface area (TPSA) is 80.3 Å². The molecular formula is C19H28N6O2. The molecule has 146 valence electrons. The van der Waals surface area contributed by atoms with Gasteiger partial charge in [0.15, 0.2) is 0 Å². The fraction of sp³-hybridized carbons (Fsp3) is 0.684. The lowest BCUT2D eigenvalue weighted by molar-refractivity contribution is -0.135. The number of piperidine rings is 1. The van der Waals surface area contributed by atoms with Crippen molar-refractivity contribution in [3.05, 3.63) is 29.7 Å². The minimum Gasteiger partial charge on any atom is -0.361 e. The van der Waals surface area contributed by atoms with Gasteiger partial charge >= 0.3 is 0 Å². The Balaban J connectivity index is 1.35. The lowest BCUT2D eigenvalue weighted by Crippen LogP contribution is -2.47. The predicted octanol–water partition coefficient (Wildman–Crippen LogP) is 1.79. The van der Waals surface area contributed by atoms with Crippen molar-refractivity contribution in [2.45, 2.75) is 58.7 Å². The van der Waals surface area contributed by atoms with E-state index in [-0.39, 0.29) is 5.91 Å². The highest BCUT2D eigenvalue weighted by Gasteiger charge is 2.37. The molecule has 0 spiro atoms. The number of carbonyl (C=O) groups excluding carboxylic acids is 1. The van der Waals surface area contributed by atoms with E-state index < -0.39 is 0 Å². The minimum atomic E-state index is 0.281. The summed E-state index contributed by atoms with van der Waals surface area (Å²) in [7, 11) is 0. The molecule has 0 aliphatic carbocycles. The molecule has 8 heteroatoms. The zero-order chi connectivity index (χ0) is 18.8. The fourth-order valence-corrected chi connectivity index (χ4v) is 4.45. The molecule has 0 aromatic carbocycles. The summed E-state index contributed by atoms with van der Waals surface area (Å²) in [5.41, 5.74) is 2.17. The predicted molar refractivity (Wildman–Crippen MR) is 98.7 cm³/mol. The molecule has 3 aliphatic heterocycles. The van der Waals surface area contributed by atoms with Crippen molar-refractivity contribution in [3.8, 4) is 0 Å². The van der Waals surface area contributed by atoms with Gasteiger partial charge in [0, 0.05) is 50.7 Å². The largest absolute Gasteiger partial charge is 0.361 e. The molecule has 27 heavy (non-hydrogen) atoms. The van der Waals surface area contributed by atoms with Crippen LogP contribution in [0.5, 0.6) is 0 Å². The molecule has 2 aromatic heterocycles. The van der Waals surface area contributed by atoms with E-state index >= 15 is 0 Å². The van der Waals surface area contributed by atoms with Crippen LogP contribution < -0.4 is 0 Å². The zero-order valence-corrected chi connectivity index (χ0v) is 16.2. The molecule has 2 atom stereocenters.